The number of carbonyl (C=O) groups excluding carboxylic acids is 1. The van der Waals surface area contributed by atoms with Crippen molar-refractivity contribution in [3.05, 3.63) is 0 Å². The van der Waals surface area contributed by atoms with Crippen LogP contribution in [0.2, 0.25) is 0 Å². The number of hydrogen-bond donors (Lipinski definition) is 2. The summed E-state index contributed by atoms with van der Waals surface area (Å²) >= 11 is 0. The maximum atomic E-state index is 11.8. The molecule has 0 heterocycles. The molecule has 1 amide bonds. The lowest BCUT2D eigenvalue weighted by Crippen LogP contribution is -2.50. The van der Waals surface area contributed by atoms with Crippen LogP contribution in [-0.2, 0) is 4.74 Å². The van der Waals surface area contributed by atoms with Crippen molar-refractivity contribution < 1.29 is 9.53 Å². The molecule has 2 aliphatic carbocycles. The van der Waals surface area contributed by atoms with Crippen molar-refractivity contribution in [1.29, 1.82) is 0 Å². The molecule has 0 bridgehead atoms. The predicted molar refractivity (Wildman–Crippen MR) is 76.1 cm³/mol. The van der Waals surface area contributed by atoms with Crippen LogP contribution in [-0.4, -0.2) is 29.8 Å². The molecule has 2 aliphatic rings. The summed E-state index contributed by atoms with van der Waals surface area (Å²) in [4.78, 5) is 11.8. The Hall–Kier alpha value is -0.770. The van der Waals surface area contributed by atoms with Gasteiger partial charge in [0.2, 0.25) is 0 Å². The molecule has 3 unspecified atom stereocenters. The third-order valence-corrected chi connectivity index (χ3v) is 4.02. The van der Waals surface area contributed by atoms with E-state index < -0.39 is 5.60 Å². The molecule has 3 atom stereocenters. The number of hydrogen-bond acceptors (Lipinski definition) is 3. The fraction of sp³-hybridized carbons (Fsp3) is 0.933. The van der Waals surface area contributed by atoms with Gasteiger partial charge in [0.05, 0.1) is 0 Å². The fourth-order valence-corrected chi connectivity index (χ4v) is 2.86. The van der Waals surface area contributed by atoms with E-state index in [1.54, 1.807) is 0 Å². The third-order valence-electron chi connectivity index (χ3n) is 4.02. The zero-order valence-corrected chi connectivity index (χ0v) is 12.7. The monoisotopic (exact) mass is 268 g/mol. The maximum absolute atomic E-state index is 11.8. The van der Waals surface area contributed by atoms with Crippen LogP contribution < -0.4 is 10.6 Å². The van der Waals surface area contributed by atoms with Gasteiger partial charge in [-0.1, -0.05) is 0 Å². The van der Waals surface area contributed by atoms with E-state index in [9.17, 15) is 4.79 Å². The first-order valence-electron chi connectivity index (χ1n) is 7.61. The van der Waals surface area contributed by atoms with Crippen molar-refractivity contribution in [2.24, 2.45) is 5.92 Å². The summed E-state index contributed by atoms with van der Waals surface area (Å²) in [6, 6.07) is 1.20. The Balaban J connectivity index is 1.79. The number of nitrogens with one attached hydrogen (secondary N) is 2. The molecule has 0 radical (unpaired) electrons. The number of rotatable bonds is 4. The molecule has 0 aromatic heterocycles. The molecule has 0 spiro atoms. The average molecular weight is 268 g/mol. The fourth-order valence-electron chi connectivity index (χ4n) is 2.86. The number of carbonyl (C=O) groups is 1. The summed E-state index contributed by atoms with van der Waals surface area (Å²) in [5, 5.41) is 6.72. The zero-order chi connectivity index (χ0) is 14.0. The molecule has 0 aromatic carbocycles. The van der Waals surface area contributed by atoms with Gasteiger partial charge in [0.15, 0.2) is 0 Å². The van der Waals surface area contributed by atoms with Gasteiger partial charge in [0.1, 0.15) is 5.60 Å². The first-order valence-corrected chi connectivity index (χ1v) is 7.61. The lowest BCUT2D eigenvalue weighted by molar-refractivity contribution is 0.0496. The number of amides is 1. The van der Waals surface area contributed by atoms with Gasteiger partial charge in [-0.25, -0.2) is 4.79 Å². The van der Waals surface area contributed by atoms with Crippen LogP contribution >= 0.6 is 0 Å². The van der Waals surface area contributed by atoms with E-state index in [4.69, 9.17) is 4.74 Å². The van der Waals surface area contributed by atoms with Gasteiger partial charge in [0.25, 0.3) is 0 Å². The summed E-state index contributed by atoms with van der Waals surface area (Å²) in [5.41, 5.74) is -0.424. The van der Waals surface area contributed by atoms with Crippen LogP contribution in [0.25, 0.3) is 0 Å². The van der Waals surface area contributed by atoms with Gasteiger partial charge in [0, 0.05) is 18.1 Å². The molecular weight excluding hydrogens is 240 g/mol. The van der Waals surface area contributed by atoms with Gasteiger partial charge in [-0.3, -0.25) is 0 Å². The van der Waals surface area contributed by atoms with E-state index in [0.717, 1.165) is 18.8 Å². The van der Waals surface area contributed by atoms with Crippen molar-refractivity contribution in [3.8, 4) is 0 Å². The van der Waals surface area contributed by atoms with Crippen LogP contribution in [0.3, 0.4) is 0 Å². The Morgan fingerprint density at radius 2 is 1.79 bits per heavy atom. The van der Waals surface area contributed by atoms with Crippen LogP contribution in [0.1, 0.15) is 59.8 Å². The minimum atomic E-state index is -0.424. The second kappa shape index (κ2) is 5.70. The van der Waals surface area contributed by atoms with Crippen molar-refractivity contribution in [3.63, 3.8) is 0 Å². The highest BCUT2D eigenvalue weighted by Gasteiger charge is 2.34. The minimum absolute atomic E-state index is 0.219. The van der Waals surface area contributed by atoms with E-state index in [1.165, 1.54) is 19.3 Å². The highest BCUT2D eigenvalue weighted by atomic mass is 16.6. The van der Waals surface area contributed by atoms with E-state index >= 15 is 0 Å². The molecule has 0 aromatic rings. The summed E-state index contributed by atoms with van der Waals surface area (Å²) in [5.74, 6) is 0.850. The molecule has 0 saturated heterocycles. The summed E-state index contributed by atoms with van der Waals surface area (Å²) in [6.07, 6.45) is 5.79. The molecule has 19 heavy (non-hydrogen) atoms. The summed E-state index contributed by atoms with van der Waals surface area (Å²) < 4.78 is 5.33. The standard InChI is InChI=1S/C15H28N2O2/c1-10(11-8-9-11)16-12-6-5-7-13(12)17-14(18)19-15(2,3)4/h10-13,16H,5-9H2,1-4H3,(H,17,18). The Morgan fingerprint density at radius 3 is 2.37 bits per heavy atom. The molecule has 2 N–H and O–H groups in total. The second-order valence-electron chi connectivity index (χ2n) is 7.08. The molecular formula is C15H28N2O2. The normalized spacial score (nSPS) is 29.1. The van der Waals surface area contributed by atoms with Crippen LogP contribution in [0, 0.1) is 5.92 Å². The Kier molecular flexibility index (Phi) is 4.39. The Bertz CT molecular complexity index is 321. The highest BCUT2D eigenvalue weighted by molar-refractivity contribution is 5.68. The Labute approximate surface area is 116 Å². The van der Waals surface area contributed by atoms with Crippen molar-refractivity contribution >= 4 is 6.09 Å². The van der Waals surface area contributed by atoms with Gasteiger partial charge < -0.3 is 15.4 Å². The topological polar surface area (TPSA) is 50.4 Å². The smallest absolute Gasteiger partial charge is 0.407 e. The van der Waals surface area contributed by atoms with Crippen LogP contribution in [0.5, 0.6) is 0 Å². The second-order valence-corrected chi connectivity index (χ2v) is 7.08. The largest absolute Gasteiger partial charge is 0.444 e. The van der Waals surface area contributed by atoms with Gasteiger partial charge in [-0.05, 0) is 65.7 Å². The predicted octanol–water partition coefficient (Wildman–Crippen LogP) is 2.82. The minimum Gasteiger partial charge on any atom is -0.444 e. The first-order chi connectivity index (χ1) is 8.85. The van der Waals surface area contributed by atoms with Crippen LogP contribution in [0.4, 0.5) is 4.79 Å². The quantitative estimate of drug-likeness (QED) is 0.824. The summed E-state index contributed by atoms with van der Waals surface area (Å²) in [7, 11) is 0. The average Bonchev–Trinajstić information content (AvgIpc) is 3.01. The van der Waals surface area contributed by atoms with E-state index in [-0.39, 0.29) is 12.1 Å². The van der Waals surface area contributed by atoms with E-state index in [1.807, 2.05) is 20.8 Å². The molecule has 2 rings (SSSR count). The van der Waals surface area contributed by atoms with E-state index in [2.05, 4.69) is 17.6 Å². The molecule has 110 valence electrons. The SMILES string of the molecule is CC(NC1CCCC1NC(=O)OC(C)(C)C)C1CC1. The number of alkyl carbamates (subject to hydrolysis) is 1. The molecule has 0 aliphatic heterocycles. The van der Waals surface area contributed by atoms with Crippen molar-refractivity contribution in [1.82, 2.24) is 10.6 Å². The molecule has 4 nitrogen and oxygen atoms in total. The lowest BCUT2D eigenvalue weighted by Gasteiger charge is -2.27. The number of ether oxygens (including phenoxy) is 1. The van der Waals surface area contributed by atoms with Gasteiger partial charge in [-0.15, -0.1) is 0 Å². The van der Waals surface area contributed by atoms with Gasteiger partial charge in [-0.2, -0.15) is 0 Å². The highest BCUT2D eigenvalue weighted by Crippen LogP contribution is 2.33. The molecule has 2 saturated carbocycles. The maximum Gasteiger partial charge on any atom is 0.407 e. The van der Waals surface area contributed by atoms with E-state index in [0.29, 0.717) is 12.1 Å². The summed E-state index contributed by atoms with van der Waals surface area (Å²) in [6.45, 7) is 7.95. The Morgan fingerprint density at radius 1 is 1.16 bits per heavy atom. The molecule has 2 fully saturated rings. The lowest BCUT2D eigenvalue weighted by atomic mass is 10.1. The van der Waals surface area contributed by atoms with Crippen molar-refractivity contribution in [2.75, 3.05) is 0 Å². The van der Waals surface area contributed by atoms with Crippen molar-refractivity contribution in [2.45, 2.75) is 83.5 Å². The zero-order valence-electron chi connectivity index (χ0n) is 12.7. The third kappa shape index (κ3) is 4.68. The van der Waals surface area contributed by atoms with Gasteiger partial charge >= 0.3 is 6.09 Å². The molecule has 4 heteroatoms. The van der Waals surface area contributed by atoms with Crippen LogP contribution in [0.15, 0.2) is 0 Å². The first kappa shape index (κ1) is 14.6.